The quantitative estimate of drug-likeness (QED) is 0.882. The number of hydrogen-bond donors (Lipinski definition) is 1. The van der Waals surface area contributed by atoms with E-state index in [2.05, 4.69) is 0 Å². The molecule has 0 spiro atoms. The number of methoxy groups -OCH3 is 2. The summed E-state index contributed by atoms with van der Waals surface area (Å²) in [6.07, 6.45) is 0.0268. The van der Waals surface area contributed by atoms with Gasteiger partial charge in [0.2, 0.25) is 0 Å². The molecule has 0 heterocycles. The van der Waals surface area contributed by atoms with E-state index in [4.69, 9.17) is 26.2 Å². The lowest BCUT2D eigenvalue weighted by Crippen LogP contribution is -2.05. The molecule has 4 nitrogen and oxygen atoms in total. The Kier molecular flexibility index (Phi) is 4.63. The molecule has 1 aromatic carbocycles. The zero-order valence-electron chi connectivity index (χ0n) is 9.99. The van der Waals surface area contributed by atoms with Gasteiger partial charge in [0, 0.05) is 6.07 Å². The molecular formula is C12H15ClO4. The number of carboxylic acids is 1. The van der Waals surface area contributed by atoms with Crippen LogP contribution in [0.3, 0.4) is 0 Å². The molecule has 1 atom stereocenters. The van der Waals surface area contributed by atoms with Crippen LogP contribution in [0.2, 0.25) is 5.02 Å². The van der Waals surface area contributed by atoms with Gasteiger partial charge >= 0.3 is 5.97 Å². The summed E-state index contributed by atoms with van der Waals surface area (Å²) in [4.78, 5) is 10.7. The Morgan fingerprint density at radius 3 is 2.41 bits per heavy atom. The second kappa shape index (κ2) is 5.77. The molecule has 1 rings (SSSR count). The van der Waals surface area contributed by atoms with Crippen molar-refractivity contribution < 1.29 is 19.4 Å². The lowest BCUT2D eigenvalue weighted by molar-refractivity contribution is -0.137. The SMILES string of the molecule is COc1cc(OC)c(C(C)CC(=O)O)cc1Cl. The lowest BCUT2D eigenvalue weighted by atomic mass is 9.96. The average Bonchev–Trinajstić information content (AvgIpc) is 2.27. The highest BCUT2D eigenvalue weighted by Gasteiger charge is 2.17. The second-order valence-electron chi connectivity index (χ2n) is 3.73. The van der Waals surface area contributed by atoms with Gasteiger partial charge in [-0.25, -0.2) is 0 Å². The largest absolute Gasteiger partial charge is 0.496 e. The molecule has 0 saturated carbocycles. The van der Waals surface area contributed by atoms with E-state index in [0.717, 1.165) is 5.56 Å². The Morgan fingerprint density at radius 1 is 1.35 bits per heavy atom. The molecule has 0 bridgehead atoms. The number of aliphatic carboxylic acids is 1. The Bertz CT molecular complexity index is 417. The normalized spacial score (nSPS) is 12.0. The van der Waals surface area contributed by atoms with Crippen LogP contribution >= 0.6 is 11.6 Å². The monoisotopic (exact) mass is 258 g/mol. The van der Waals surface area contributed by atoms with Crippen LogP contribution in [0.5, 0.6) is 11.5 Å². The van der Waals surface area contributed by atoms with E-state index in [-0.39, 0.29) is 12.3 Å². The maximum atomic E-state index is 10.7. The molecule has 5 heteroatoms. The molecule has 0 amide bonds. The molecule has 0 aliphatic rings. The highest BCUT2D eigenvalue weighted by molar-refractivity contribution is 6.32. The molecule has 0 radical (unpaired) electrons. The van der Waals surface area contributed by atoms with Gasteiger partial charge < -0.3 is 14.6 Å². The minimum atomic E-state index is -0.855. The van der Waals surface area contributed by atoms with Gasteiger partial charge in [0.25, 0.3) is 0 Å². The summed E-state index contributed by atoms with van der Waals surface area (Å²) < 4.78 is 10.3. The van der Waals surface area contributed by atoms with Crippen molar-refractivity contribution in [1.29, 1.82) is 0 Å². The van der Waals surface area contributed by atoms with E-state index in [1.807, 2.05) is 6.92 Å². The van der Waals surface area contributed by atoms with Crippen LogP contribution in [-0.2, 0) is 4.79 Å². The molecule has 0 saturated heterocycles. The van der Waals surface area contributed by atoms with Crippen molar-refractivity contribution in [3.8, 4) is 11.5 Å². The van der Waals surface area contributed by atoms with Crippen molar-refractivity contribution in [3.63, 3.8) is 0 Å². The fraction of sp³-hybridized carbons (Fsp3) is 0.417. The maximum absolute atomic E-state index is 10.7. The summed E-state index contributed by atoms with van der Waals surface area (Å²) in [7, 11) is 3.04. The van der Waals surface area contributed by atoms with E-state index in [1.54, 1.807) is 12.1 Å². The molecular weight excluding hydrogens is 244 g/mol. The molecule has 1 N–H and O–H groups in total. The third-order valence-corrected chi connectivity index (χ3v) is 2.81. The van der Waals surface area contributed by atoms with Crippen LogP contribution in [0, 0.1) is 0 Å². The first kappa shape index (κ1) is 13.6. The van der Waals surface area contributed by atoms with Gasteiger partial charge in [-0.05, 0) is 17.5 Å². The van der Waals surface area contributed by atoms with E-state index >= 15 is 0 Å². The first-order valence-corrected chi connectivity index (χ1v) is 5.50. The van der Waals surface area contributed by atoms with E-state index in [1.165, 1.54) is 14.2 Å². The van der Waals surface area contributed by atoms with Crippen molar-refractivity contribution in [2.75, 3.05) is 14.2 Å². The molecule has 17 heavy (non-hydrogen) atoms. The maximum Gasteiger partial charge on any atom is 0.303 e. The van der Waals surface area contributed by atoms with Crippen LogP contribution in [0.25, 0.3) is 0 Å². The summed E-state index contributed by atoms with van der Waals surface area (Å²) >= 11 is 6.01. The van der Waals surface area contributed by atoms with Gasteiger partial charge in [0.15, 0.2) is 0 Å². The molecule has 0 aromatic heterocycles. The Balaban J connectivity index is 3.13. The number of rotatable bonds is 5. The highest BCUT2D eigenvalue weighted by Crippen LogP contribution is 2.37. The molecule has 94 valence electrons. The summed E-state index contributed by atoms with van der Waals surface area (Å²) in [6, 6.07) is 3.35. The van der Waals surface area contributed by atoms with Crippen LogP contribution in [0.15, 0.2) is 12.1 Å². The first-order valence-electron chi connectivity index (χ1n) is 5.12. The van der Waals surface area contributed by atoms with E-state index in [0.29, 0.717) is 16.5 Å². The lowest BCUT2D eigenvalue weighted by Gasteiger charge is -2.16. The van der Waals surface area contributed by atoms with Gasteiger partial charge in [0.05, 0.1) is 25.7 Å². The van der Waals surface area contributed by atoms with Crippen molar-refractivity contribution in [1.82, 2.24) is 0 Å². The summed E-state index contributed by atoms with van der Waals surface area (Å²) in [6.45, 7) is 1.81. The van der Waals surface area contributed by atoms with Gasteiger partial charge in [-0.1, -0.05) is 18.5 Å². The number of carbonyl (C=O) groups is 1. The first-order chi connectivity index (χ1) is 7.99. The minimum absolute atomic E-state index is 0.0268. The van der Waals surface area contributed by atoms with Crippen molar-refractivity contribution >= 4 is 17.6 Å². The number of benzene rings is 1. The standard InChI is InChI=1S/C12H15ClO4/c1-7(4-12(14)15)8-5-9(13)11(17-3)6-10(8)16-2/h5-7H,4H2,1-3H3,(H,14,15). The van der Waals surface area contributed by atoms with Gasteiger partial charge in [-0.15, -0.1) is 0 Å². The predicted molar refractivity (Wildman–Crippen MR) is 65.2 cm³/mol. The Labute approximate surface area is 105 Å². The molecule has 1 aromatic rings. The molecule has 0 aliphatic carbocycles. The number of carboxylic acid groups (broad SMARTS) is 1. The summed E-state index contributed by atoms with van der Waals surface area (Å²) in [5, 5.41) is 9.23. The topological polar surface area (TPSA) is 55.8 Å². The summed E-state index contributed by atoms with van der Waals surface area (Å²) in [5.41, 5.74) is 0.765. The molecule has 0 fully saturated rings. The molecule has 1 unspecified atom stereocenters. The zero-order chi connectivity index (χ0) is 13.0. The molecule has 0 aliphatic heterocycles. The number of halogens is 1. The highest BCUT2D eigenvalue weighted by atomic mass is 35.5. The zero-order valence-corrected chi connectivity index (χ0v) is 10.7. The van der Waals surface area contributed by atoms with Gasteiger partial charge in [-0.3, -0.25) is 4.79 Å². The fourth-order valence-corrected chi connectivity index (χ4v) is 1.89. The van der Waals surface area contributed by atoms with Crippen LogP contribution in [-0.4, -0.2) is 25.3 Å². The number of hydrogen-bond acceptors (Lipinski definition) is 3. The van der Waals surface area contributed by atoms with Crippen LogP contribution in [0.4, 0.5) is 0 Å². The second-order valence-corrected chi connectivity index (χ2v) is 4.13. The van der Waals surface area contributed by atoms with Gasteiger partial charge in [0.1, 0.15) is 11.5 Å². The minimum Gasteiger partial charge on any atom is -0.496 e. The third-order valence-electron chi connectivity index (χ3n) is 2.52. The fourth-order valence-electron chi connectivity index (χ4n) is 1.64. The van der Waals surface area contributed by atoms with Gasteiger partial charge in [-0.2, -0.15) is 0 Å². The predicted octanol–water partition coefficient (Wildman–Crippen LogP) is 2.94. The Morgan fingerprint density at radius 2 is 1.94 bits per heavy atom. The average molecular weight is 259 g/mol. The van der Waals surface area contributed by atoms with E-state index < -0.39 is 5.97 Å². The van der Waals surface area contributed by atoms with E-state index in [9.17, 15) is 4.79 Å². The third kappa shape index (κ3) is 3.27. The number of ether oxygens (including phenoxy) is 2. The smallest absolute Gasteiger partial charge is 0.303 e. The Hall–Kier alpha value is -1.42. The summed E-state index contributed by atoms with van der Waals surface area (Å²) in [5.74, 6) is 0.0622. The van der Waals surface area contributed by atoms with Crippen LogP contribution < -0.4 is 9.47 Å². The van der Waals surface area contributed by atoms with Crippen LogP contribution in [0.1, 0.15) is 24.8 Å². The van der Waals surface area contributed by atoms with Crippen molar-refractivity contribution in [2.45, 2.75) is 19.3 Å². The van der Waals surface area contributed by atoms with Crippen molar-refractivity contribution in [3.05, 3.63) is 22.7 Å². The van der Waals surface area contributed by atoms with Crippen molar-refractivity contribution in [2.24, 2.45) is 0 Å².